The molecule has 206 valence electrons. The minimum atomic E-state index is -4.76. The number of aryl methyl sites for hydroxylation is 2. The zero-order valence-corrected chi connectivity index (χ0v) is 22.3. The Hall–Kier alpha value is -4.39. The zero-order chi connectivity index (χ0) is 29.2. The van der Waals surface area contributed by atoms with Crippen molar-refractivity contribution in [3.8, 4) is 11.5 Å². The van der Waals surface area contributed by atoms with E-state index in [9.17, 15) is 33.0 Å². The van der Waals surface area contributed by atoms with Crippen LogP contribution in [0.25, 0.3) is 0 Å². The van der Waals surface area contributed by atoms with Gasteiger partial charge in [0.1, 0.15) is 16.9 Å². The fraction of sp³-hybridized carbons (Fsp3) is 0.212. The summed E-state index contributed by atoms with van der Waals surface area (Å²) >= 11 is 0. The van der Waals surface area contributed by atoms with Crippen LogP contribution >= 0.6 is 0 Å². The van der Waals surface area contributed by atoms with Crippen molar-refractivity contribution >= 4 is 11.6 Å². The molecule has 2 N–H and O–H groups in total. The Morgan fingerprint density at radius 3 is 1.43 bits per heavy atom. The van der Waals surface area contributed by atoms with Gasteiger partial charge >= 0.3 is 6.18 Å². The Labute approximate surface area is 230 Å². The van der Waals surface area contributed by atoms with Crippen LogP contribution in [0, 0.1) is 13.8 Å². The van der Waals surface area contributed by atoms with E-state index in [4.69, 9.17) is 0 Å². The Morgan fingerprint density at radius 1 is 0.650 bits per heavy atom. The third kappa shape index (κ3) is 5.78. The Bertz CT molecular complexity index is 1480. The van der Waals surface area contributed by atoms with Crippen molar-refractivity contribution < 1.29 is 33.0 Å². The number of aromatic hydroxyl groups is 2. The molecule has 0 radical (unpaired) electrons. The molecule has 4 aromatic carbocycles. The SMILES string of the molecule is Cc1ccc(O)c(CC(=O)c2cccc(C(C)(c3cccc(C(=O)Cc4cc(C)ccc4O)c3)C(F)(F)F)c2)c1. The van der Waals surface area contributed by atoms with Crippen molar-refractivity contribution in [2.45, 2.75) is 45.2 Å². The topological polar surface area (TPSA) is 74.6 Å². The summed E-state index contributed by atoms with van der Waals surface area (Å²) in [5.74, 6) is -0.991. The molecule has 0 heterocycles. The molecule has 0 saturated carbocycles. The molecule has 0 atom stereocenters. The molecule has 7 heteroatoms. The van der Waals surface area contributed by atoms with Crippen LogP contribution in [0.15, 0.2) is 84.9 Å². The average molecular weight is 547 g/mol. The molecule has 0 aliphatic heterocycles. The first-order chi connectivity index (χ1) is 18.8. The molecule has 0 aromatic heterocycles. The van der Waals surface area contributed by atoms with Gasteiger partial charge in [0.15, 0.2) is 11.6 Å². The van der Waals surface area contributed by atoms with Gasteiger partial charge in [0.05, 0.1) is 0 Å². The number of benzene rings is 4. The molecule has 4 rings (SSSR count). The molecule has 0 fully saturated rings. The fourth-order valence-electron chi connectivity index (χ4n) is 4.76. The number of Topliss-reactive ketones (excluding diaryl/α,β-unsaturated/α-hetero) is 2. The van der Waals surface area contributed by atoms with Gasteiger partial charge in [0, 0.05) is 35.1 Å². The van der Waals surface area contributed by atoms with Crippen molar-refractivity contribution in [1.82, 2.24) is 0 Å². The normalized spacial score (nSPS) is 11.8. The van der Waals surface area contributed by atoms with E-state index in [1.54, 1.807) is 24.3 Å². The number of phenols is 2. The summed E-state index contributed by atoms with van der Waals surface area (Å²) in [5, 5.41) is 20.2. The van der Waals surface area contributed by atoms with Crippen molar-refractivity contribution in [3.05, 3.63) is 129 Å². The number of ketones is 2. The second-order valence-corrected chi connectivity index (χ2v) is 10.2. The molecular formula is C33H29F3O4. The van der Waals surface area contributed by atoms with Crippen LogP contribution in [-0.4, -0.2) is 28.0 Å². The number of rotatable bonds is 8. The van der Waals surface area contributed by atoms with Crippen molar-refractivity contribution in [2.75, 3.05) is 0 Å². The van der Waals surface area contributed by atoms with Crippen molar-refractivity contribution in [1.29, 1.82) is 0 Å². The van der Waals surface area contributed by atoms with Gasteiger partial charge in [0.25, 0.3) is 0 Å². The highest BCUT2D eigenvalue weighted by atomic mass is 19.4. The van der Waals surface area contributed by atoms with Gasteiger partial charge in [-0.3, -0.25) is 9.59 Å². The van der Waals surface area contributed by atoms with Crippen LogP contribution in [0.2, 0.25) is 0 Å². The van der Waals surface area contributed by atoms with Crippen LogP contribution < -0.4 is 0 Å². The molecule has 0 unspecified atom stereocenters. The number of carbonyl (C=O) groups is 2. The summed E-state index contributed by atoms with van der Waals surface area (Å²) in [6, 6.07) is 20.4. The summed E-state index contributed by atoms with van der Waals surface area (Å²) in [4.78, 5) is 26.1. The second kappa shape index (κ2) is 11.0. The highest BCUT2D eigenvalue weighted by molar-refractivity contribution is 5.99. The van der Waals surface area contributed by atoms with Gasteiger partial charge in [-0.05, 0) is 56.2 Å². The lowest BCUT2D eigenvalue weighted by molar-refractivity contribution is -0.173. The summed E-state index contributed by atoms with van der Waals surface area (Å²) in [6.07, 6.45) is -5.11. The highest BCUT2D eigenvalue weighted by Gasteiger charge is 2.53. The van der Waals surface area contributed by atoms with Gasteiger partial charge in [-0.15, -0.1) is 0 Å². The van der Waals surface area contributed by atoms with E-state index in [2.05, 4.69) is 0 Å². The number of alkyl halides is 3. The first kappa shape index (κ1) is 28.6. The monoisotopic (exact) mass is 546 g/mol. The minimum Gasteiger partial charge on any atom is -0.508 e. The third-order valence-corrected chi connectivity index (χ3v) is 7.26. The molecule has 40 heavy (non-hydrogen) atoms. The van der Waals surface area contributed by atoms with Gasteiger partial charge < -0.3 is 10.2 Å². The average Bonchev–Trinajstić information content (AvgIpc) is 2.91. The maximum absolute atomic E-state index is 14.8. The van der Waals surface area contributed by atoms with E-state index >= 15 is 0 Å². The van der Waals surface area contributed by atoms with E-state index in [0.29, 0.717) is 11.1 Å². The van der Waals surface area contributed by atoms with E-state index in [-0.39, 0.29) is 46.6 Å². The number of phenolic OH excluding ortho intramolecular Hbond substituents is 2. The molecular weight excluding hydrogens is 517 g/mol. The van der Waals surface area contributed by atoms with Crippen LogP contribution in [-0.2, 0) is 18.3 Å². The number of hydrogen-bond donors (Lipinski definition) is 2. The van der Waals surface area contributed by atoms with Gasteiger partial charge in [0.2, 0.25) is 0 Å². The Morgan fingerprint density at radius 2 is 1.05 bits per heavy atom. The molecule has 0 aliphatic carbocycles. The molecule has 4 aromatic rings. The number of carbonyl (C=O) groups excluding carboxylic acids is 2. The zero-order valence-electron chi connectivity index (χ0n) is 22.3. The fourth-order valence-corrected chi connectivity index (χ4v) is 4.76. The molecule has 0 amide bonds. The lowest BCUT2D eigenvalue weighted by atomic mass is 9.74. The van der Waals surface area contributed by atoms with E-state index in [1.807, 2.05) is 13.8 Å². The van der Waals surface area contributed by atoms with E-state index in [1.165, 1.54) is 60.7 Å². The predicted molar refractivity (Wildman–Crippen MR) is 147 cm³/mol. The second-order valence-electron chi connectivity index (χ2n) is 10.2. The molecule has 0 saturated heterocycles. The van der Waals surface area contributed by atoms with Crippen molar-refractivity contribution in [2.24, 2.45) is 0 Å². The Kier molecular flexibility index (Phi) is 7.87. The maximum atomic E-state index is 14.8. The first-order valence-electron chi connectivity index (χ1n) is 12.7. The summed E-state index contributed by atoms with van der Waals surface area (Å²) in [6.45, 7) is 4.65. The summed E-state index contributed by atoms with van der Waals surface area (Å²) in [5.41, 5.74) is -0.222. The van der Waals surface area contributed by atoms with Crippen LogP contribution in [0.4, 0.5) is 13.2 Å². The van der Waals surface area contributed by atoms with E-state index < -0.39 is 23.2 Å². The van der Waals surface area contributed by atoms with Gasteiger partial charge in [-0.25, -0.2) is 0 Å². The molecule has 0 spiro atoms. The predicted octanol–water partition coefficient (Wildman–Crippen LogP) is 7.43. The van der Waals surface area contributed by atoms with E-state index in [0.717, 1.165) is 18.1 Å². The third-order valence-electron chi connectivity index (χ3n) is 7.26. The summed E-state index contributed by atoms with van der Waals surface area (Å²) < 4.78 is 44.4. The van der Waals surface area contributed by atoms with Crippen molar-refractivity contribution in [3.63, 3.8) is 0 Å². The van der Waals surface area contributed by atoms with Crippen LogP contribution in [0.5, 0.6) is 11.5 Å². The quantitative estimate of drug-likeness (QED) is 0.225. The molecule has 0 aliphatic rings. The standard InChI is InChI=1S/C33H29F3O4/c1-20-10-12-28(37)24(14-20)18-30(39)22-6-4-8-26(16-22)32(3,33(34,35)36)27-9-5-7-23(17-27)31(40)19-25-15-21(2)11-13-29(25)38/h4-17,37-38H,18-19H2,1-3H3. The number of halogens is 3. The Balaban J connectivity index is 1.70. The minimum absolute atomic E-state index is 0.0595. The highest BCUT2D eigenvalue weighted by Crippen LogP contribution is 2.46. The maximum Gasteiger partial charge on any atom is 0.402 e. The van der Waals surface area contributed by atoms with Crippen LogP contribution in [0.3, 0.4) is 0 Å². The van der Waals surface area contributed by atoms with Crippen LogP contribution in [0.1, 0.15) is 61.0 Å². The molecule has 0 bridgehead atoms. The van der Waals surface area contributed by atoms with Gasteiger partial charge in [-0.2, -0.15) is 13.2 Å². The largest absolute Gasteiger partial charge is 0.508 e. The smallest absolute Gasteiger partial charge is 0.402 e. The summed E-state index contributed by atoms with van der Waals surface area (Å²) in [7, 11) is 0. The number of hydrogen-bond acceptors (Lipinski definition) is 4. The van der Waals surface area contributed by atoms with Gasteiger partial charge in [-0.1, -0.05) is 71.8 Å². The lowest BCUT2D eigenvalue weighted by Gasteiger charge is -2.33. The first-order valence-corrected chi connectivity index (χ1v) is 12.7. The molecule has 4 nitrogen and oxygen atoms in total. The lowest BCUT2D eigenvalue weighted by Crippen LogP contribution is -2.41.